The summed E-state index contributed by atoms with van der Waals surface area (Å²) < 4.78 is 10.7. The maximum absolute atomic E-state index is 12.4. The molecule has 1 saturated heterocycles. The molecule has 22 heavy (non-hydrogen) atoms. The normalized spacial score (nSPS) is 18.2. The van der Waals surface area contributed by atoms with Crippen LogP contribution >= 0.6 is 0 Å². The van der Waals surface area contributed by atoms with Gasteiger partial charge in [-0.15, -0.1) is 0 Å². The van der Waals surface area contributed by atoms with E-state index in [0.29, 0.717) is 18.4 Å². The topological polar surface area (TPSA) is 55.6 Å². The molecular weight excluding hydrogens is 280 g/mol. The third-order valence-corrected chi connectivity index (χ3v) is 3.87. The number of hydrogen-bond acceptors (Lipinski definition) is 4. The van der Waals surface area contributed by atoms with Gasteiger partial charge in [-0.05, 0) is 29.5 Å². The fourth-order valence-electron chi connectivity index (χ4n) is 2.69. The Kier molecular flexibility index (Phi) is 4.42. The zero-order valence-electron chi connectivity index (χ0n) is 12.7. The molecule has 2 aromatic rings. The van der Waals surface area contributed by atoms with E-state index in [9.17, 15) is 4.79 Å². The van der Waals surface area contributed by atoms with Crippen LogP contribution in [0.5, 0.6) is 5.88 Å². The van der Waals surface area contributed by atoms with Crippen LogP contribution in [-0.2, 0) is 6.61 Å². The van der Waals surface area contributed by atoms with Crippen LogP contribution in [0, 0.1) is 5.92 Å². The zero-order valence-corrected chi connectivity index (χ0v) is 12.7. The largest absolute Gasteiger partial charge is 0.471 e. The van der Waals surface area contributed by atoms with Crippen molar-refractivity contribution >= 4 is 5.91 Å². The summed E-state index contributed by atoms with van der Waals surface area (Å²) >= 11 is 0. The number of carbonyl (C=O) groups excluding carboxylic acids is 1. The summed E-state index contributed by atoms with van der Waals surface area (Å²) in [5.74, 6) is 1.03. The molecule has 116 valence electrons. The minimum Gasteiger partial charge on any atom is -0.471 e. The number of hydrogen-bond donors (Lipinski definition) is 0. The van der Waals surface area contributed by atoms with Crippen molar-refractivity contribution < 1.29 is 14.1 Å². The van der Waals surface area contributed by atoms with Gasteiger partial charge in [0, 0.05) is 13.1 Å². The second kappa shape index (κ2) is 6.64. The molecule has 1 aliphatic rings. The van der Waals surface area contributed by atoms with E-state index in [-0.39, 0.29) is 11.7 Å². The molecule has 1 aromatic heterocycles. The van der Waals surface area contributed by atoms with Crippen LogP contribution in [0.3, 0.4) is 0 Å². The molecule has 0 radical (unpaired) electrons. The predicted molar refractivity (Wildman–Crippen MR) is 81.6 cm³/mol. The van der Waals surface area contributed by atoms with Crippen molar-refractivity contribution in [3.63, 3.8) is 0 Å². The molecular formula is C17H20N2O3. The molecule has 2 heterocycles. The first-order valence-electron chi connectivity index (χ1n) is 7.65. The summed E-state index contributed by atoms with van der Waals surface area (Å²) in [5, 5.41) is 3.82. The Morgan fingerprint density at radius 1 is 1.41 bits per heavy atom. The highest BCUT2D eigenvalue weighted by atomic mass is 16.5. The standard InChI is InChI=1S/C17H20N2O3/c1-13-6-5-9-19(11-13)17(20)15-10-16(18-22-15)21-12-14-7-3-2-4-8-14/h2-4,7-8,10,13H,5-6,9,11-12H2,1H3. The van der Waals surface area contributed by atoms with Crippen molar-refractivity contribution in [3.05, 3.63) is 47.7 Å². The Morgan fingerprint density at radius 2 is 2.23 bits per heavy atom. The van der Waals surface area contributed by atoms with E-state index in [2.05, 4.69) is 12.1 Å². The highest BCUT2D eigenvalue weighted by Crippen LogP contribution is 2.20. The van der Waals surface area contributed by atoms with Gasteiger partial charge >= 0.3 is 0 Å². The Hall–Kier alpha value is -2.30. The summed E-state index contributed by atoms with van der Waals surface area (Å²) in [4.78, 5) is 14.2. The van der Waals surface area contributed by atoms with Crippen molar-refractivity contribution in [2.45, 2.75) is 26.4 Å². The van der Waals surface area contributed by atoms with Gasteiger partial charge in [-0.25, -0.2) is 0 Å². The highest BCUT2D eigenvalue weighted by Gasteiger charge is 2.25. The number of likely N-dealkylation sites (tertiary alicyclic amines) is 1. The lowest BCUT2D eigenvalue weighted by molar-refractivity contribution is 0.0641. The first kappa shape index (κ1) is 14.6. The van der Waals surface area contributed by atoms with Crippen molar-refractivity contribution in [2.75, 3.05) is 13.1 Å². The van der Waals surface area contributed by atoms with E-state index in [1.165, 1.54) is 6.42 Å². The Balaban J connectivity index is 1.59. The van der Waals surface area contributed by atoms with Gasteiger partial charge in [-0.1, -0.05) is 37.3 Å². The van der Waals surface area contributed by atoms with Crippen molar-refractivity contribution in [1.82, 2.24) is 10.1 Å². The van der Waals surface area contributed by atoms with Crippen LogP contribution in [-0.4, -0.2) is 29.1 Å². The monoisotopic (exact) mass is 300 g/mol. The molecule has 0 spiro atoms. The van der Waals surface area contributed by atoms with E-state index in [4.69, 9.17) is 9.26 Å². The predicted octanol–water partition coefficient (Wildman–Crippen LogP) is 3.13. The number of benzene rings is 1. The van der Waals surface area contributed by atoms with Crippen molar-refractivity contribution in [3.8, 4) is 5.88 Å². The maximum Gasteiger partial charge on any atom is 0.292 e. The zero-order chi connectivity index (χ0) is 15.4. The van der Waals surface area contributed by atoms with Gasteiger partial charge in [0.1, 0.15) is 6.61 Å². The van der Waals surface area contributed by atoms with Gasteiger partial charge in [0.25, 0.3) is 11.8 Å². The molecule has 1 atom stereocenters. The fourth-order valence-corrected chi connectivity index (χ4v) is 2.69. The molecule has 1 fully saturated rings. The molecule has 0 aliphatic carbocycles. The van der Waals surface area contributed by atoms with E-state index in [1.807, 2.05) is 35.2 Å². The number of carbonyl (C=O) groups is 1. The van der Waals surface area contributed by atoms with E-state index in [0.717, 1.165) is 25.1 Å². The summed E-state index contributed by atoms with van der Waals surface area (Å²) in [5.41, 5.74) is 1.04. The fraction of sp³-hybridized carbons (Fsp3) is 0.412. The molecule has 5 heteroatoms. The molecule has 1 unspecified atom stereocenters. The summed E-state index contributed by atoms with van der Waals surface area (Å²) in [7, 11) is 0. The lowest BCUT2D eigenvalue weighted by atomic mass is 10.0. The lowest BCUT2D eigenvalue weighted by Crippen LogP contribution is -2.38. The molecule has 1 aromatic carbocycles. The molecule has 0 saturated carbocycles. The average molecular weight is 300 g/mol. The SMILES string of the molecule is CC1CCCN(C(=O)c2cc(OCc3ccccc3)no2)C1. The van der Waals surface area contributed by atoms with Gasteiger partial charge in [0.2, 0.25) is 5.76 Å². The van der Waals surface area contributed by atoms with Crippen molar-refractivity contribution in [1.29, 1.82) is 0 Å². The Bertz CT molecular complexity index is 624. The maximum atomic E-state index is 12.4. The first-order chi connectivity index (χ1) is 10.7. The van der Waals surface area contributed by atoms with E-state index < -0.39 is 0 Å². The van der Waals surface area contributed by atoms with E-state index >= 15 is 0 Å². The van der Waals surface area contributed by atoms with Crippen LogP contribution in [0.2, 0.25) is 0 Å². The number of piperidine rings is 1. The second-order valence-electron chi connectivity index (χ2n) is 5.80. The van der Waals surface area contributed by atoms with Gasteiger partial charge < -0.3 is 14.2 Å². The molecule has 1 aliphatic heterocycles. The number of amides is 1. The number of rotatable bonds is 4. The molecule has 5 nitrogen and oxygen atoms in total. The van der Waals surface area contributed by atoms with Crippen LogP contribution in [0.4, 0.5) is 0 Å². The van der Waals surface area contributed by atoms with E-state index in [1.54, 1.807) is 6.07 Å². The van der Waals surface area contributed by atoms with Gasteiger partial charge in [-0.2, -0.15) is 0 Å². The van der Waals surface area contributed by atoms with Gasteiger partial charge in [0.15, 0.2) is 0 Å². The number of aromatic nitrogens is 1. The van der Waals surface area contributed by atoms with Crippen LogP contribution in [0.15, 0.2) is 40.9 Å². The number of nitrogens with zero attached hydrogens (tertiary/aromatic N) is 2. The quantitative estimate of drug-likeness (QED) is 0.870. The van der Waals surface area contributed by atoms with Crippen LogP contribution in [0.25, 0.3) is 0 Å². The first-order valence-corrected chi connectivity index (χ1v) is 7.65. The van der Waals surface area contributed by atoms with Gasteiger partial charge in [0.05, 0.1) is 6.07 Å². The summed E-state index contributed by atoms with van der Waals surface area (Å²) in [6.45, 7) is 4.12. The lowest BCUT2D eigenvalue weighted by Gasteiger charge is -2.29. The third-order valence-electron chi connectivity index (χ3n) is 3.87. The Morgan fingerprint density at radius 3 is 3.00 bits per heavy atom. The van der Waals surface area contributed by atoms with Gasteiger partial charge in [-0.3, -0.25) is 4.79 Å². The molecule has 0 bridgehead atoms. The summed E-state index contributed by atoms with van der Waals surface area (Å²) in [6.07, 6.45) is 2.21. The average Bonchev–Trinajstić information content (AvgIpc) is 3.02. The second-order valence-corrected chi connectivity index (χ2v) is 5.80. The van der Waals surface area contributed by atoms with Crippen LogP contribution in [0.1, 0.15) is 35.9 Å². The molecule has 0 N–H and O–H groups in total. The minimum absolute atomic E-state index is 0.103. The smallest absolute Gasteiger partial charge is 0.292 e. The molecule has 1 amide bonds. The minimum atomic E-state index is -0.103. The third kappa shape index (κ3) is 3.47. The Labute approximate surface area is 129 Å². The number of ether oxygens (including phenoxy) is 1. The molecule has 3 rings (SSSR count). The summed E-state index contributed by atoms with van der Waals surface area (Å²) in [6, 6.07) is 11.4. The van der Waals surface area contributed by atoms with Crippen molar-refractivity contribution in [2.24, 2.45) is 5.92 Å². The van der Waals surface area contributed by atoms with Crippen LogP contribution < -0.4 is 4.74 Å². The highest BCUT2D eigenvalue weighted by molar-refractivity contribution is 5.91.